The third-order valence-corrected chi connectivity index (χ3v) is 3.08. The molecule has 4 nitrogen and oxygen atoms in total. The summed E-state index contributed by atoms with van der Waals surface area (Å²) < 4.78 is 5.70. The number of benzene rings is 1. The quantitative estimate of drug-likeness (QED) is 0.920. The van der Waals surface area contributed by atoms with Gasteiger partial charge in [0, 0.05) is 12.1 Å². The number of hydrogen-bond acceptors (Lipinski definition) is 4. The Morgan fingerprint density at radius 3 is 2.47 bits per heavy atom. The second-order valence-corrected chi connectivity index (χ2v) is 4.79. The minimum absolute atomic E-state index is 0. The van der Waals surface area contributed by atoms with Crippen LogP contribution in [0.2, 0.25) is 0 Å². The number of aromatic hydroxyl groups is 1. The molecule has 0 unspecified atom stereocenters. The Kier molecular flexibility index (Phi) is 4.61. The predicted molar refractivity (Wildman–Crippen MR) is 78.3 cm³/mol. The number of nitrogens with zero attached hydrogens (tertiary/aromatic N) is 1. The van der Waals surface area contributed by atoms with Crippen molar-refractivity contribution in [2.45, 2.75) is 20.4 Å². The first-order valence-corrected chi connectivity index (χ1v) is 5.81. The van der Waals surface area contributed by atoms with E-state index in [1.807, 2.05) is 19.0 Å². The highest BCUT2D eigenvalue weighted by Gasteiger charge is 2.15. The Bertz CT molecular complexity index is 662. The van der Waals surface area contributed by atoms with E-state index < -0.39 is 0 Å². The highest BCUT2D eigenvalue weighted by molar-refractivity contribution is 5.85. The molecule has 0 spiro atoms. The number of hydrogen-bond donors (Lipinski definition) is 1. The Morgan fingerprint density at radius 1 is 1.26 bits per heavy atom. The van der Waals surface area contributed by atoms with E-state index >= 15 is 0 Å². The van der Waals surface area contributed by atoms with Gasteiger partial charge in [0.15, 0.2) is 5.43 Å². The molecule has 2 rings (SSSR count). The first-order chi connectivity index (χ1) is 8.41. The average molecular weight is 284 g/mol. The fourth-order valence-corrected chi connectivity index (χ4v) is 1.97. The lowest BCUT2D eigenvalue weighted by Gasteiger charge is -2.13. The smallest absolute Gasteiger partial charge is 0.195 e. The molecule has 0 aliphatic carbocycles. The summed E-state index contributed by atoms with van der Waals surface area (Å²) in [5.41, 5.74) is 1.72. The molecule has 0 atom stereocenters. The van der Waals surface area contributed by atoms with Crippen LogP contribution in [0, 0.1) is 13.8 Å². The molecule has 1 aromatic carbocycles. The van der Waals surface area contributed by atoms with Crippen LogP contribution in [0.4, 0.5) is 0 Å². The lowest BCUT2D eigenvalue weighted by molar-refractivity contribution is 0.383. The van der Waals surface area contributed by atoms with E-state index in [9.17, 15) is 9.90 Å². The van der Waals surface area contributed by atoms with E-state index in [1.165, 1.54) is 0 Å². The van der Waals surface area contributed by atoms with Crippen molar-refractivity contribution < 1.29 is 9.52 Å². The molecule has 1 aromatic heterocycles. The number of aryl methyl sites for hydroxylation is 1. The summed E-state index contributed by atoms with van der Waals surface area (Å²) in [6.45, 7) is 4.04. The maximum absolute atomic E-state index is 12.1. The lowest BCUT2D eigenvalue weighted by Crippen LogP contribution is -2.13. The molecule has 0 saturated carbocycles. The van der Waals surface area contributed by atoms with Crippen molar-refractivity contribution >= 4 is 23.4 Å². The Labute approximate surface area is 118 Å². The SMILES string of the molecule is Cc1oc2c(CN(C)C)c(O)ccc2c(=O)c1C.Cl. The predicted octanol–water partition coefficient (Wildman–Crippen LogP) is 2.60. The molecule has 19 heavy (non-hydrogen) atoms. The van der Waals surface area contributed by atoms with Crippen LogP contribution in [0.5, 0.6) is 5.75 Å². The van der Waals surface area contributed by atoms with Crippen molar-refractivity contribution in [2.24, 2.45) is 0 Å². The van der Waals surface area contributed by atoms with Crippen LogP contribution >= 0.6 is 12.4 Å². The van der Waals surface area contributed by atoms with Crippen molar-refractivity contribution in [1.29, 1.82) is 0 Å². The third-order valence-electron chi connectivity index (χ3n) is 3.08. The molecule has 0 fully saturated rings. The molecule has 0 radical (unpaired) electrons. The number of phenolic OH excluding ortho intramolecular Hbond substituents is 1. The van der Waals surface area contributed by atoms with E-state index in [1.54, 1.807) is 26.0 Å². The second kappa shape index (κ2) is 5.63. The summed E-state index contributed by atoms with van der Waals surface area (Å²) in [6, 6.07) is 3.16. The van der Waals surface area contributed by atoms with Crippen LogP contribution < -0.4 is 5.43 Å². The maximum Gasteiger partial charge on any atom is 0.195 e. The highest BCUT2D eigenvalue weighted by Crippen LogP contribution is 2.27. The van der Waals surface area contributed by atoms with Gasteiger partial charge in [-0.2, -0.15) is 0 Å². The van der Waals surface area contributed by atoms with Crippen LogP contribution in [0.25, 0.3) is 11.0 Å². The average Bonchev–Trinajstić information content (AvgIpc) is 2.30. The van der Waals surface area contributed by atoms with Crippen molar-refractivity contribution in [3.63, 3.8) is 0 Å². The zero-order valence-corrected chi connectivity index (χ0v) is 12.3. The monoisotopic (exact) mass is 283 g/mol. The minimum Gasteiger partial charge on any atom is -0.507 e. The summed E-state index contributed by atoms with van der Waals surface area (Å²) >= 11 is 0. The number of phenols is 1. The molecule has 0 aliphatic heterocycles. The second-order valence-electron chi connectivity index (χ2n) is 4.79. The van der Waals surface area contributed by atoms with Gasteiger partial charge in [-0.1, -0.05) is 0 Å². The van der Waals surface area contributed by atoms with E-state index in [4.69, 9.17) is 4.42 Å². The van der Waals surface area contributed by atoms with Crippen molar-refractivity contribution in [2.75, 3.05) is 14.1 Å². The zero-order valence-electron chi connectivity index (χ0n) is 11.5. The van der Waals surface area contributed by atoms with Gasteiger partial charge in [-0.15, -0.1) is 12.4 Å². The number of rotatable bonds is 2. The zero-order chi connectivity index (χ0) is 13.4. The van der Waals surface area contributed by atoms with E-state index in [2.05, 4.69) is 0 Å². The standard InChI is InChI=1S/C14H17NO3.ClH/c1-8-9(2)18-14-10(13(8)17)5-6-12(16)11(14)7-15(3)4;/h5-6,16H,7H2,1-4H3;1H. The van der Waals surface area contributed by atoms with Gasteiger partial charge in [-0.05, 0) is 40.1 Å². The van der Waals surface area contributed by atoms with Crippen molar-refractivity contribution in [3.8, 4) is 5.75 Å². The van der Waals surface area contributed by atoms with Crippen LogP contribution in [0.1, 0.15) is 16.9 Å². The van der Waals surface area contributed by atoms with Gasteiger partial charge < -0.3 is 14.4 Å². The summed E-state index contributed by atoms with van der Waals surface area (Å²) in [5.74, 6) is 0.751. The van der Waals surface area contributed by atoms with Gasteiger partial charge in [-0.3, -0.25) is 4.79 Å². The summed E-state index contributed by atoms with van der Waals surface area (Å²) in [6.07, 6.45) is 0. The summed E-state index contributed by atoms with van der Waals surface area (Å²) in [5, 5.41) is 10.4. The third kappa shape index (κ3) is 2.74. The summed E-state index contributed by atoms with van der Waals surface area (Å²) in [7, 11) is 3.80. The van der Waals surface area contributed by atoms with Crippen LogP contribution in [0.15, 0.2) is 21.3 Å². The van der Waals surface area contributed by atoms with E-state index in [0.29, 0.717) is 34.4 Å². The molecule has 0 amide bonds. The highest BCUT2D eigenvalue weighted by atomic mass is 35.5. The van der Waals surface area contributed by atoms with Gasteiger partial charge in [0.1, 0.15) is 17.1 Å². The van der Waals surface area contributed by atoms with E-state index in [-0.39, 0.29) is 23.6 Å². The number of halogens is 1. The molecule has 5 heteroatoms. The van der Waals surface area contributed by atoms with Crippen LogP contribution in [-0.4, -0.2) is 24.1 Å². The van der Waals surface area contributed by atoms with Gasteiger partial charge in [0.25, 0.3) is 0 Å². The largest absolute Gasteiger partial charge is 0.507 e. The normalized spacial score (nSPS) is 10.8. The summed E-state index contributed by atoms with van der Waals surface area (Å²) in [4.78, 5) is 14.1. The minimum atomic E-state index is -0.0336. The fourth-order valence-electron chi connectivity index (χ4n) is 1.97. The van der Waals surface area contributed by atoms with Crippen molar-refractivity contribution in [3.05, 3.63) is 39.2 Å². The topological polar surface area (TPSA) is 53.7 Å². The Balaban J connectivity index is 0.00000180. The lowest BCUT2D eigenvalue weighted by atomic mass is 10.1. The molecule has 1 heterocycles. The Morgan fingerprint density at radius 2 is 1.89 bits per heavy atom. The fraction of sp³-hybridized carbons (Fsp3) is 0.357. The van der Waals surface area contributed by atoms with Gasteiger partial charge in [0.2, 0.25) is 0 Å². The van der Waals surface area contributed by atoms with E-state index in [0.717, 1.165) is 0 Å². The van der Waals surface area contributed by atoms with Crippen molar-refractivity contribution in [1.82, 2.24) is 4.90 Å². The Hall–Kier alpha value is -1.52. The molecule has 104 valence electrons. The first kappa shape index (κ1) is 15.5. The molecule has 2 aromatic rings. The van der Waals surface area contributed by atoms with Gasteiger partial charge in [0.05, 0.1) is 10.9 Å². The van der Waals surface area contributed by atoms with Crippen LogP contribution in [0.3, 0.4) is 0 Å². The maximum atomic E-state index is 12.1. The first-order valence-electron chi connectivity index (χ1n) is 5.81. The molecule has 0 saturated heterocycles. The number of fused-ring (bicyclic) bond motifs is 1. The van der Waals surface area contributed by atoms with Crippen LogP contribution in [-0.2, 0) is 6.54 Å². The van der Waals surface area contributed by atoms with Gasteiger partial charge >= 0.3 is 0 Å². The molecule has 0 aliphatic rings. The molecular formula is C14H18ClNO3. The molecule has 0 bridgehead atoms. The molecular weight excluding hydrogens is 266 g/mol. The molecule has 1 N–H and O–H groups in total. The van der Waals surface area contributed by atoms with Gasteiger partial charge in [-0.25, -0.2) is 0 Å².